The van der Waals surface area contributed by atoms with Gasteiger partial charge in [0.1, 0.15) is 0 Å². The molecule has 0 saturated heterocycles. The molecule has 0 spiro atoms. The number of aromatic nitrogens is 1. The summed E-state index contributed by atoms with van der Waals surface area (Å²) in [6, 6.07) is 0. The lowest BCUT2D eigenvalue weighted by molar-refractivity contribution is 0.144. The van der Waals surface area contributed by atoms with E-state index >= 15 is 0 Å². The molecule has 78 valence electrons. The zero-order valence-corrected chi connectivity index (χ0v) is 7.43. The molecule has 2 N–H and O–H groups in total. The van der Waals surface area contributed by atoms with Crippen molar-refractivity contribution in [3.63, 3.8) is 0 Å². The summed E-state index contributed by atoms with van der Waals surface area (Å²) in [5.74, 6) is -1.13. The Labute approximate surface area is 78.7 Å². The van der Waals surface area contributed by atoms with Gasteiger partial charge in [0, 0.05) is 12.1 Å². The summed E-state index contributed by atoms with van der Waals surface area (Å²) in [5, 5.41) is 0. The molecule has 0 saturated carbocycles. The summed E-state index contributed by atoms with van der Waals surface area (Å²) in [5.41, 5.74) is 4.38. The second kappa shape index (κ2) is 4.28. The number of nitrogens with zero attached hydrogens (tertiary/aromatic N) is 1. The first-order valence-corrected chi connectivity index (χ1v) is 3.81. The lowest BCUT2D eigenvalue weighted by Gasteiger charge is -2.11. The summed E-state index contributed by atoms with van der Waals surface area (Å²) >= 11 is 0. The van der Waals surface area contributed by atoms with E-state index in [-0.39, 0.29) is 18.0 Å². The minimum Gasteiger partial charge on any atom is -0.481 e. The molecule has 1 rings (SSSR count). The van der Waals surface area contributed by atoms with Gasteiger partial charge in [0.25, 0.3) is 6.43 Å². The van der Waals surface area contributed by atoms with Crippen molar-refractivity contribution in [1.82, 2.24) is 4.98 Å². The second-order valence-corrected chi connectivity index (χ2v) is 2.51. The van der Waals surface area contributed by atoms with E-state index in [1.165, 1.54) is 7.11 Å². The first-order valence-electron chi connectivity index (χ1n) is 3.81. The fourth-order valence-electron chi connectivity index (χ4n) is 1.13. The maximum Gasteiger partial charge on any atom is 0.267 e. The van der Waals surface area contributed by atoms with Crippen molar-refractivity contribution in [3.05, 3.63) is 23.1 Å². The van der Waals surface area contributed by atoms with Crippen LogP contribution >= 0.6 is 0 Å². The molecule has 0 aliphatic carbocycles. The van der Waals surface area contributed by atoms with E-state index in [9.17, 15) is 13.2 Å². The third-order valence-corrected chi connectivity index (χ3v) is 1.75. The SMILES string of the molecule is COc1ncc(F)c(C(F)F)c1CN. The molecule has 1 aromatic heterocycles. The quantitative estimate of drug-likeness (QED) is 0.817. The highest BCUT2D eigenvalue weighted by Crippen LogP contribution is 2.29. The summed E-state index contributed by atoms with van der Waals surface area (Å²) in [7, 11) is 1.26. The number of nitrogens with two attached hydrogens (primary N) is 1. The molecule has 0 radical (unpaired) electrons. The topological polar surface area (TPSA) is 48.1 Å². The van der Waals surface area contributed by atoms with E-state index in [0.717, 1.165) is 0 Å². The fraction of sp³-hybridized carbons (Fsp3) is 0.375. The van der Waals surface area contributed by atoms with E-state index in [4.69, 9.17) is 10.5 Å². The predicted octanol–water partition coefficient (Wildman–Crippen LogP) is 1.63. The molecule has 6 heteroatoms. The highest BCUT2D eigenvalue weighted by molar-refractivity contribution is 5.36. The molecule has 0 fully saturated rings. The van der Waals surface area contributed by atoms with Crippen molar-refractivity contribution in [3.8, 4) is 5.88 Å². The van der Waals surface area contributed by atoms with Crippen molar-refractivity contribution in [1.29, 1.82) is 0 Å². The lowest BCUT2D eigenvalue weighted by Crippen LogP contribution is -2.08. The van der Waals surface area contributed by atoms with Gasteiger partial charge < -0.3 is 10.5 Å². The predicted molar refractivity (Wildman–Crippen MR) is 43.6 cm³/mol. The van der Waals surface area contributed by atoms with Gasteiger partial charge in [-0.1, -0.05) is 0 Å². The van der Waals surface area contributed by atoms with Crippen molar-refractivity contribution in [2.75, 3.05) is 7.11 Å². The van der Waals surface area contributed by atoms with Crippen LogP contribution in [0, 0.1) is 5.82 Å². The zero-order valence-electron chi connectivity index (χ0n) is 7.43. The minimum absolute atomic E-state index is 0.0656. The van der Waals surface area contributed by atoms with Gasteiger partial charge in [-0.25, -0.2) is 18.2 Å². The van der Waals surface area contributed by atoms with Crippen LogP contribution in [0.15, 0.2) is 6.20 Å². The number of hydrogen-bond acceptors (Lipinski definition) is 3. The molecule has 0 aliphatic heterocycles. The van der Waals surface area contributed by atoms with E-state index < -0.39 is 17.8 Å². The molecular weight excluding hydrogens is 197 g/mol. The van der Waals surface area contributed by atoms with E-state index in [1.54, 1.807) is 0 Å². The van der Waals surface area contributed by atoms with E-state index in [2.05, 4.69) is 4.98 Å². The molecule has 0 aliphatic rings. The molecular formula is C8H9F3N2O. The van der Waals surface area contributed by atoms with Crippen LogP contribution in [0.3, 0.4) is 0 Å². The Morgan fingerprint density at radius 1 is 1.57 bits per heavy atom. The molecule has 0 atom stereocenters. The van der Waals surface area contributed by atoms with Crippen LogP contribution in [0.25, 0.3) is 0 Å². The average molecular weight is 206 g/mol. The summed E-state index contributed by atoms with van der Waals surface area (Å²) in [4.78, 5) is 3.50. The Morgan fingerprint density at radius 3 is 2.64 bits per heavy atom. The van der Waals surface area contributed by atoms with Crippen LogP contribution in [-0.2, 0) is 6.54 Å². The van der Waals surface area contributed by atoms with Crippen LogP contribution in [0.4, 0.5) is 13.2 Å². The number of alkyl halides is 2. The Morgan fingerprint density at radius 2 is 2.21 bits per heavy atom. The third kappa shape index (κ3) is 1.79. The van der Waals surface area contributed by atoms with Crippen LogP contribution in [0.1, 0.15) is 17.6 Å². The normalized spacial score (nSPS) is 10.7. The summed E-state index contributed by atoms with van der Waals surface area (Å²) < 4.78 is 42.5. The van der Waals surface area contributed by atoms with E-state index in [0.29, 0.717) is 6.20 Å². The number of hydrogen-bond donors (Lipinski definition) is 1. The maximum atomic E-state index is 13.0. The monoisotopic (exact) mass is 206 g/mol. The van der Waals surface area contributed by atoms with Gasteiger partial charge in [-0.2, -0.15) is 0 Å². The van der Waals surface area contributed by atoms with Gasteiger partial charge in [-0.3, -0.25) is 0 Å². The summed E-state index contributed by atoms with van der Waals surface area (Å²) in [6.07, 6.45) is -2.23. The number of pyridine rings is 1. The highest BCUT2D eigenvalue weighted by atomic mass is 19.3. The first-order chi connectivity index (χ1) is 6.61. The largest absolute Gasteiger partial charge is 0.481 e. The standard InChI is InChI=1S/C8H9F3N2O/c1-14-8-4(2-12)6(7(10)11)5(9)3-13-8/h3,7H,2,12H2,1H3. The Bertz CT molecular complexity index is 331. The fourth-order valence-corrected chi connectivity index (χ4v) is 1.13. The van der Waals surface area contributed by atoms with Gasteiger partial charge in [-0.05, 0) is 0 Å². The molecule has 0 aromatic carbocycles. The number of ether oxygens (including phenoxy) is 1. The number of halogens is 3. The highest BCUT2D eigenvalue weighted by Gasteiger charge is 2.21. The molecule has 0 unspecified atom stereocenters. The van der Waals surface area contributed by atoms with Crippen molar-refractivity contribution >= 4 is 0 Å². The van der Waals surface area contributed by atoms with Gasteiger partial charge >= 0.3 is 0 Å². The van der Waals surface area contributed by atoms with Crippen LogP contribution in [-0.4, -0.2) is 12.1 Å². The van der Waals surface area contributed by atoms with Gasteiger partial charge in [0.2, 0.25) is 5.88 Å². The molecule has 1 aromatic rings. The van der Waals surface area contributed by atoms with Crippen LogP contribution < -0.4 is 10.5 Å². The molecule has 14 heavy (non-hydrogen) atoms. The Balaban J connectivity index is 3.35. The van der Waals surface area contributed by atoms with Gasteiger partial charge in [0.05, 0.1) is 18.9 Å². The number of methoxy groups -OCH3 is 1. The maximum absolute atomic E-state index is 13.0. The van der Waals surface area contributed by atoms with Gasteiger partial charge in [0.15, 0.2) is 5.82 Å². The third-order valence-electron chi connectivity index (χ3n) is 1.75. The Hall–Kier alpha value is -1.30. The zero-order chi connectivity index (χ0) is 10.7. The van der Waals surface area contributed by atoms with Crippen LogP contribution in [0.2, 0.25) is 0 Å². The second-order valence-electron chi connectivity index (χ2n) is 2.51. The van der Waals surface area contributed by atoms with Crippen molar-refractivity contribution < 1.29 is 17.9 Å². The molecule has 1 heterocycles. The minimum atomic E-state index is -2.93. The Kier molecular flexibility index (Phi) is 3.29. The molecule has 0 amide bonds. The average Bonchev–Trinajstić information content (AvgIpc) is 2.16. The lowest BCUT2D eigenvalue weighted by atomic mass is 10.1. The van der Waals surface area contributed by atoms with E-state index in [1.807, 2.05) is 0 Å². The summed E-state index contributed by atoms with van der Waals surface area (Å²) in [6.45, 7) is -0.242. The van der Waals surface area contributed by atoms with Gasteiger partial charge in [-0.15, -0.1) is 0 Å². The first kappa shape index (κ1) is 10.8. The van der Waals surface area contributed by atoms with Crippen LogP contribution in [0.5, 0.6) is 5.88 Å². The molecule has 3 nitrogen and oxygen atoms in total. The molecule has 0 bridgehead atoms. The smallest absolute Gasteiger partial charge is 0.267 e. The van der Waals surface area contributed by atoms with Crippen molar-refractivity contribution in [2.24, 2.45) is 5.73 Å². The number of rotatable bonds is 3. The van der Waals surface area contributed by atoms with Crippen molar-refractivity contribution in [2.45, 2.75) is 13.0 Å².